The molecule has 1 aromatic rings. The molecule has 2 aliphatic rings. The third-order valence-electron chi connectivity index (χ3n) is 5.26. The Bertz CT molecular complexity index is 834. The fourth-order valence-electron chi connectivity index (χ4n) is 3.63. The summed E-state index contributed by atoms with van der Waals surface area (Å²) in [7, 11) is 1.52. The highest BCUT2D eigenvalue weighted by Gasteiger charge is 2.47. The van der Waals surface area contributed by atoms with E-state index in [-0.39, 0.29) is 18.4 Å². The fourth-order valence-corrected chi connectivity index (χ4v) is 3.63. The molecule has 0 radical (unpaired) electrons. The first kappa shape index (κ1) is 26.6. The van der Waals surface area contributed by atoms with Gasteiger partial charge in [0.25, 0.3) is 5.91 Å². The Morgan fingerprint density at radius 3 is 2.45 bits per heavy atom. The maximum atomic E-state index is 12.6. The number of piperidine rings is 1. The van der Waals surface area contributed by atoms with Gasteiger partial charge in [0.15, 0.2) is 6.10 Å². The van der Waals surface area contributed by atoms with Crippen LogP contribution in [0.3, 0.4) is 0 Å². The van der Waals surface area contributed by atoms with E-state index in [2.05, 4.69) is 24.1 Å². The molecule has 3 rings (SSSR count). The number of aromatic nitrogens is 2. The second kappa shape index (κ2) is 11.0. The quantitative estimate of drug-likeness (QED) is 0.651. The molecule has 0 saturated carbocycles. The van der Waals surface area contributed by atoms with Crippen LogP contribution in [0.15, 0.2) is 12.4 Å². The first-order valence-electron chi connectivity index (χ1n) is 10.4. The monoisotopic (exact) mass is 478 g/mol. The molecule has 2 amide bonds. The number of carbonyl (C=O) groups is 3. The number of halogens is 3. The zero-order valence-corrected chi connectivity index (χ0v) is 18.7. The molecule has 0 aliphatic carbocycles. The van der Waals surface area contributed by atoms with Gasteiger partial charge in [0.05, 0.1) is 6.54 Å². The van der Waals surface area contributed by atoms with E-state index in [4.69, 9.17) is 19.4 Å². The smallest absolute Gasteiger partial charge is 0.475 e. The molecule has 3 heterocycles. The van der Waals surface area contributed by atoms with Crippen LogP contribution >= 0.6 is 0 Å². The summed E-state index contributed by atoms with van der Waals surface area (Å²) in [6.07, 6.45) is -0.750. The van der Waals surface area contributed by atoms with Crippen LogP contribution < -0.4 is 5.32 Å². The van der Waals surface area contributed by atoms with Gasteiger partial charge in [0.1, 0.15) is 18.0 Å². The Kier molecular flexibility index (Phi) is 8.83. The number of carboxylic acid groups (broad SMARTS) is 1. The van der Waals surface area contributed by atoms with Gasteiger partial charge in [-0.1, -0.05) is 13.8 Å². The van der Waals surface area contributed by atoms with E-state index in [1.165, 1.54) is 7.11 Å². The summed E-state index contributed by atoms with van der Waals surface area (Å²) in [5.41, 5.74) is -0.620. The van der Waals surface area contributed by atoms with Crippen molar-refractivity contribution in [2.75, 3.05) is 33.4 Å². The van der Waals surface area contributed by atoms with E-state index in [1.807, 2.05) is 10.8 Å². The molecule has 13 heteroatoms. The minimum atomic E-state index is -5.08. The summed E-state index contributed by atoms with van der Waals surface area (Å²) in [5, 5.41) is 10.1. The molecule has 0 bridgehead atoms. The maximum absolute atomic E-state index is 12.6. The van der Waals surface area contributed by atoms with Gasteiger partial charge in [-0.15, -0.1) is 0 Å². The van der Waals surface area contributed by atoms with Gasteiger partial charge in [-0.05, 0) is 5.92 Å². The first-order valence-corrected chi connectivity index (χ1v) is 10.4. The number of carbonyl (C=O) groups excluding carboxylic acids is 2. The van der Waals surface area contributed by atoms with Crippen molar-refractivity contribution in [3.63, 3.8) is 0 Å². The van der Waals surface area contributed by atoms with E-state index in [0.29, 0.717) is 44.9 Å². The van der Waals surface area contributed by atoms with Crippen molar-refractivity contribution < 1.29 is 42.1 Å². The maximum Gasteiger partial charge on any atom is 0.490 e. The lowest BCUT2D eigenvalue weighted by Gasteiger charge is -2.45. The lowest BCUT2D eigenvalue weighted by molar-refractivity contribution is -0.192. The normalized spacial score (nSPS) is 19.5. The average molecular weight is 478 g/mol. The van der Waals surface area contributed by atoms with E-state index in [9.17, 15) is 22.8 Å². The molecular weight excluding hydrogens is 449 g/mol. The van der Waals surface area contributed by atoms with Gasteiger partial charge >= 0.3 is 12.1 Å². The second-order valence-corrected chi connectivity index (χ2v) is 8.26. The van der Waals surface area contributed by atoms with Crippen LogP contribution in [0.1, 0.15) is 32.5 Å². The van der Waals surface area contributed by atoms with E-state index in [0.717, 1.165) is 5.82 Å². The van der Waals surface area contributed by atoms with Crippen LogP contribution in [0.2, 0.25) is 0 Å². The first-order chi connectivity index (χ1) is 15.4. The SMILES string of the molecule is COCC(=O)N1CCC2(CC1)OC(C(=O)NCC(C)C)Cn1ccnc12.O=C(O)C(F)(F)F. The number of fused-ring (bicyclic) bond motifs is 2. The van der Waals surface area contributed by atoms with Crippen LogP contribution in [0.5, 0.6) is 0 Å². The van der Waals surface area contributed by atoms with Crippen molar-refractivity contribution in [2.45, 2.75) is 51.1 Å². The van der Waals surface area contributed by atoms with Crippen LogP contribution in [0.4, 0.5) is 13.2 Å². The third kappa shape index (κ3) is 6.90. The van der Waals surface area contributed by atoms with Crippen molar-refractivity contribution in [1.29, 1.82) is 0 Å². The predicted octanol–water partition coefficient (Wildman–Crippen LogP) is 1.15. The molecule has 1 saturated heterocycles. The molecule has 1 aromatic heterocycles. The summed E-state index contributed by atoms with van der Waals surface area (Å²) in [4.78, 5) is 39.8. The Balaban J connectivity index is 0.000000479. The summed E-state index contributed by atoms with van der Waals surface area (Å²) < 4.78 is 45.0. The highest BCUT2D eigenvalue weighted by Crippen LogP contribution is 2.40. The number of imidazole rings is 1. The molecule has 0 aromatic carbocycles. The minimum absolute atomic E-state index is 0.0206. The number of aliphatic carboxylic acids is 1. The molecule has 2 N–H and O–H groups in total. The van der Waals surface area contributed by atoms with Crippen molar-refractivity contribution in [2.24, 2.45) is 5.92 Å². The number of likely N-dealkylation sites (tertiary alicyclic amines) is 1. The summed E-state index contributed by atoms with van der Waals surface area (Å²) in [6, 6.07) is 0. The predicted molar refractivity (Wildman–Crippen MR) is 108 cm³/mol. The van der Waals surface area contributed by atoms with E-state index >= 15 is 0 Å². The topological polar surface area (TPSA) is 123 Å². The molecule has 1 atom stereocenters. The van der Waals surface area contributed by atoms with Crippen LogP contribution in [0, 0.1) is 5.92 Å². The lowest BCUT2D eigenvalue weighted by Crippen LogP contribution is -2.55. The molecule has 1 fully saturated rings. The Labute approximate surface area is 189 Å². The molecule has 33 heavy (non-hydrogen) atoms. The summed E-state index contributed by atoms with van der Waals surface area (Å²) >= 11 is 0. The number of ether oxygens (including phenoxy) is 2. The van der Waals surface area contributed by atoms with Gasteiger partial charge in [-0.25, -0.2) is 9.78 Å². The molecule has 2 aliphatic heterocycles. The van der Waals surface area contributed by atoms with E-state index < -0.39 is 23.9 Å². The minimum Gasteiger partial charge on any atom is -0.475 e. The highest BCUT2D eigenvalue weighted by atomic mass is 19.4. The van der Waals surface area contributed by atoms with Gasteiger partial charge in [-0.2, -0.15) is 13.2 Å². The summed E-state index contributed by atoms with van der Waals surface area (Å²) in [5.74, 6) is -1.63. The number of nitrogens with zero attached hydrogens (tertiary/aromatic N) is 3. The number of alkyl halides is 3. The van der Waals surface area contributed by atoms with Crippen LogP contribution in [-0.4, -0.2) is 83.0 Å². The van der Waals surface area contributed by atoms with Gasteiger partial charge in [0.2, 0.25) is 5.91 Å². The van der Waals surface area contributed by atoms with Crippen molar-refractivity contribution in [1.82, 2.24) is 19.8 Å². The van der Waals surface area contributed by atoms with E-state index in [1.54, 1.807) is 11.1 Å². The fraction of sp³-hybridized carbons (Fsp3) is 0.700. The average Bonchev–Trinajstić information content (AvgIpc) is 3.22. The van der Waals surface area contributed by atoms with Crippen LogP contribution in [-0.2, 0) is 36.0 Å². The highest BCUT2D eigenvalue weighted by molar-refractivity contribution is 5.81. The largest absolute Gasteiger partial charge is 0.490 e. The molecule has 1 spiro atoms. The lowest BCUT2D eigenvalue weighted by atomic mass is 9.88. The standard InChI is InChI=1S/C18H28N4O4.C2HF3O2/c1-13(2)10-20-16(24)14-11-22-9-6-19-17(22)18(26-14)4-7-21(8-5-18)15(23)12-25-3;3-2(4,5)1(6)7/h6,9,13-14H,4-5,7-8,10-12H2,1-3H3,(H,20,24);(H,6,7). The number of nitrogens with one attached hydrogen (secondary N) is 1. The number of carboxylic acids is 1. The zero-order chi connectivity index (χ0) is 24.8. The Morgan fingerprint density at radius 2 is 1.94 bits per heavy atom. The van der Waals surface area contributed by atoms with Crippen molar-refractivity contribution in [3.8, 4) is 0 Å². The number of methoxy groups -OCH3 is 1. The van der Waals surface area contributed by atoms with Gasteiger partial charge < -0.3 is 29.4 Å². The Hall–Kier alpha value is -2.67. The number of hydrogen-bond acceptors (Lipinski definition) is 6. The van der Waals surface area contributed by atoms with Crippen LogP contribution in [0.25, 0.3) is 0 Å². The third-order valence-corrected chi connectivity index (χ3v) is 5.26. The molecule has 1 unspecified atom stereocenters. The van der Waals surface area contributed by atoms with Gasteiger partial charge in [0, 0.05) is 52.0 Å². The number of amides is 2. The number of rotatable bonds is 5. The van der Waals surface area contributed by atoms with Crippen molar-refractivity contribution in [3.05, 3.63) is 18.2 Å². The number of hydrogen-bond donors (Lipinski definition) is 2. The Morgan fingerprint density at radius 1 is 1.33 bits per heavy atom. The second-order valence-electron chi connectivity index (χ2n) is 8.26. The van der Waals surface area contributed by atoms with Crippen molar-refractivity contribution >= 4 is 17.8 Å². The molecule has 10 nitrogen and oxygen atoms in total. The molecular formula is C20H29F3N4O6. The molecule has 186 valence electrons. The zero-order valence-electron chi connectivity index (χ0n) is 18.7. The van der Waals surface area contributed by atoms with Gasteiger partial charge in [-0.3, -0.25) is 9.59 Å². The summed E-state index contributed by atoms with van der Waals surface area (Å²) in [6.45, 7) is 6.43.